The van der Waals surface area contributed by atoms with E-state index in [0.29, 0.717) is 17.1 Å². The maximum atomic E-state index is 14.3. The second kappa shape index (κ2) is 7.65. The highest BCUT2D eigenvalue weighted by Gasteiger charge is 2.23. The van der Waals surface area contributed by atoms with E-state index in [2.05, 4.69) is 15.6 Å². The van der Waals surface area contributed by atoms with Crippen LogP contribution in [0, 0.1) is 12.7 Å². The number of rotatable bonds is 5. The summed E-state index contributed by atoms with van der Waals surface area (Å²) in [6, 6.07) is 4.58. The number of urea groups is 1. The van der Waals surface area contributed by atoms with Gasteiger partial charge in [-0.2, -0.15) is 0 Å². The van der Waals surface area contributed by atoms with Crippen LogP contribution in [0.5, 0.6) is 0 Å². The predicted octanol–water partition coefficient (Wildman–Crippen LogP) is 2.69. The molecule has 2 aromatic rings. The lowest BCUT2D eigenvalue weighted by Crippen LogP contribution is -2.45. The van der Waals surface area contributed by atoms with E-state index in [0.717, 1.165) is 19.4 Å². The van der Waals surface area contributed by atoms with Crippen LogP contribution in [-0.2, 0) is 11.3 Å². The summed E-state index contributed by atoms with van der Waals surface area (Å²) in [4.78, 5) is 16.1. The van der Waals surface area contributed by atoms with E-state index in [4.69, 9.17) is 4.74 Å². The van der Waals surface area contributed by atoms with Crippen molar-refractivity contribution < 1.29 is 13.9 Å². The van der Waals surface area contributed by atoms with Crippen LogP contribution in [0.1, 0.15) is 31.2 Å². The van der Waals surface area contributed by atoms with Gasteiger partial charge in [0.1, 0.15) is 11.6 Å². The van der Waals surface area contributed by atoms with Crippen LogP contribution in [0.25, 0.3) is 5.69 Å². The fourth-order valence-corrected chi connectivity index (χ4v) is 3.02. The Labute approximate surface area is 146 Å². The lowest BCUT2D eigenvalue weighted by atomic mass is 10.1. The average molecular weight is 346 g/mol. The fraction of sp³-hybridized carbons (Fsp3) is 0.444. The molecule has 0 bridgehead atoms. The Bertz CT molecular complexity index is 740. The molecule has 2 N–H and O–H groups in total. The summed E-state index contributed by atoms with van der Waals surface area (Å²) in [5, 5.41) is 5.62. The molecule has 0 spiro atoms. The van der Waals surface area contributed by atoms with Gasteiger partial charge in [0.25, 0.3) is 0 Å². The normalized spacial score (nSPS) is 18.1. The molecule has 0 radical (unpaired) electrons. The largest absolute Gasteiger partial charge is 0.376 e. The Hall–Kier alpha value is -2.41. The Morgan fingerprint density at radius 1 is 1.52 bits per heavy atom. The number of hydrogen-bond acceptors (Lipinski definition) is 3. The highest BCUT2D eigenvalue weighted by molar-refractivity contribution is 5.74. The van der Waals surface area contributed by atoms with E-state index in [9.17, 15) is 9.18 Å². The average Bonchev–Trinajstić information content (AvgIpc) is 3.25. The van der Waals surface area contributed by atoms with Crippen LogP contribution in [-0.4, -0.2) is 34.3 Å². The van der Waals surface area contributed by atoms with Crippen LogP contribution in [0.15, 0.2) is 30.6 Å². The molecule has 0 saturated carbocycles. The van der Waals surface area contributed by atoms with Crippen molar-refractivity contribution in [2.24, 2.45) is 0 Å². The molecule has 1 fully saturated rings. The van der Waals surface area contributed by atoms with Crippen molar-refractivity contribution in [2.75, 3.05) is 6.61 Å². The number of carbonyl (C=O) groups excluding carboxylic acids is 1. The smallest absolute Gasteiger partial charge is 0.315 e. The van der Waals surface area contributed by atoms with Gasteiger partial charge in [-0.25, -0.2) is 14.2 Å². The molecule has 0 unspecified atom stereocenters. The third kappa shape index (κ3) is 4.17. The maximum absolute atomic E-state index is 14.3. The first-order chi connectivity index (χ1) is 12.0. The van der Waals surface area contributed by atoms with Crippen LogP contribution >= 0.6 is 0 Å². The Morgan fingerprint density at radius 2 is 2.36 bits per heavy atom. The molecule has 1 saturated heterocycles. The monoisotopic (exact) mass is 346 g/mol. The Balaban J connectivity index is 1.55. The highest BCUT2D eigenvalue weighted by Crippen LogP contribution is 2.17. The zero-order chi connectivity index (χ0) is 17.8. The first-order valence-corrected chi connectivity index (χ1v) is 8.49. The topological polar surface area (TPSA) is 68.2 Å². The lowest BCUT2D eigenvalue weighted by molar-refractivity contribution is 0.0860. The molecule has 25 heavy (non-hydrogen) atoms. The summed E-state index contributed by atoms with van der Waals surface area (Å²) >= 11 is 0. The van der Waals surface area contributed by atoms with Gasteiger partial charge in [-0.1, -0.05) is 6.07 Å². The second-order valence-electron chi connectivity index (χ2n) is 6.30. The van der Waals surface area contributed by atoms with Crippen molar-refractivity contribution in [3.05, 3.63) is 47.8 Å². The summed E-state index contributed by atoms with van der Waals surface area (Å²) in [5.74, 6) is 0.362. The predicted molar refractivity (Wildman–Crippen MR) is 92.1 cm³/mol. The zero-order valence-corrected chi connectivity index (χ0v) is 14.5. The van der Waals surface area contributed by atoms with Gasteiger partial charge in [-0.3, -0.25) is 0 Å². The second-order valence-corrected chi connectivity index (χ2v) is 6.30. The Morgan fingerprint density at radius 3 is 3.00 bits per heavy atom. The summed E-state index contributed by atoms with van der Waals surface area (Å²) in [7, 11) is 0. The van der Waals surface area contributed by atoms with Crippen molar-refractivity contribution in [1.29, 1.82) is 0 Å². The van der Waals surface area contributed by atoms with E-state index < -0.39 is 0 Å². The number of benzene rings is 1. The Kier molecular flexibility index (Phi) is 5.33. The molecule has 2 amide bonds. The van der Waals surface area contributed by atoms with Gasteiger partial charge in [-0.05, 0) is 44.4 Å². The number of aryl methyl sites for hydroxylation is 1. The first-order valence-electron chi connectivity index (χ1n) is 8.49. The molecule has 1 aromatic heterocycles. The van der Waals surface area contributed by atoms with Gasteiger partial charge < -0.3 is 19.9 Å². The van der Waals surface area contributed by atoms with Crippen molar-refractivity contribution in [2.45, 2.75) is 45.4 Å². The molecular weight excluding hydrogens is 323 g/mol. The van der Waals surface area contributed by atoms with Crippen LogP contribution < -0.4 is 10.6 Å². The van der Waals surface area contributed by atoms with Gasteiger partial charge in [0.05, 0.1) is 17.8 Å². The molecule has 2 atom stereocenters. The highest BCUT2D eigenvalue weighted by atomic mass is 19.1. The summed E-state index contributed by atoms with van der Waals surface area (Å²) < 4.78 is 21.6. The van der Waals surface area contributed by atoms with Gasteiger partial charge >= 0.3 is 6.03 Å². The number of nitrogens with zero attached hydrogens (tertiary/aromatic N) is 2. The summed E-state index contributed by atoms with van der Waals surface area (Å²) in [6.45, 7) is 4.75. The quantitative estimate of drug-likeness (QED) is 0.875. The van der Waals surface area contributed by atoms with Gasteiger partial charge in [0.2, 0.25) is 0 Å². The van der Waals surface area contributed by atoms with E-state index in [1.807, 2.05) is 13.8 Å². The number of nitrogens with one attached hydrogen (secondary N) is 2. The number of halogens is 1. The summed E-state index contributed by atoms with van der Waals surface area (Å²) in [6.07, 6.45) is 5.40. The molecule has 1 aliphatic heterocycles. The van der Waals surface area contributed by atoms with Gasteiger partial charge in [0.15, 0.2) is 0 Å². The van der Waals surface area contributed by atoms with Gasteiger partial charge in [-0.15, -0.1) is 0 Å². The van der Waals surface area contributed by atoms with Crippen LogP contribution in [0.3, 0.4) is 0 Å². The number of amides is 2. The fourth-order valence-electron chi connectivity index (χ4n) is 3.02. The molecule has 7 heteroatoms. The van der Waals surface area contributed by atoms with Crippen molar-refractivity contribution in [1.82, 2.24) is 20.2 Å². The molecule has 134 valence electrons. The molecule has 1 aliphatic rings. The maximum Gasteiger partial charge on any atom is 0.315 e. The number of imidazole rings is 1. The summed E-state index contributed by atoms with van der Waals surface area (Å²) in [5.41, 5.74) is 1.13. The number of hydrogen-bond donors (Lipinski definition) is 2. The van der Waals surface area contributed by atoms with Crippen molar-refractivity contribution in [3.63, 3.8) is 0 Å². The third-order valence-corrected chi connectivity index (χ3v) is 4.43. The first kappa shape index (κ1) is 17.4. The minimum absolute atomic E-state index is 0.0502. The molecule has 1 aromatic carbocycles. The number of ether oxygens (including phenoxy) is 1. The zero-order valence-electron chi connectivity index (χ0n) is 14.5. The van der Waals surface area contributed by atoms with Gasteiger partial charge in [0, 0.05) is 25.5 Å². The van der Waals surface area contributed by atoms with Crippen molar-refractivity contribution in [3.8, 4) is 5.69 Å². The SMILES string of the molecule is Cc1nccn1-c1ccc(CNC(=O)N[C@@H](C)[C@@H]2CCCO2)cc1F. The minimum atomic E-state index is -0.353. The standard InChI is InChI=1S/C18H23FN4O2/c1-12(17-4-3-9-25-17)22-18(24)21-11-14-5-6-16(15(19)10-14)23-8-7-20-13(23)2/h5-8,10,12,17H,3-4,9,11H2,1-2H3,(H2,21,22,24)/t12-,17-/m0/s1. The molecule has 6 nitrogen and oxygen atoms in total. The molecule has 2 heterocycles. The van der Waals surface area contributed by atoms with E-state index in [1.165, 1.54) is 6.07 Å². The van der Waals surface area contributed by atoms with E-state index in [-0.39, 0.29) is 30.5 Å². The van der Waals surface area contributed by atoms with Crippen molar-refractivity contribution >= 4 is 6.03 Å². The molecule has 0 aliphatic carbocycles. The third-order valence-electron chi connectivity index (χ3n) is 4.43. The van der Waals surface area contributed by atoms with Crippen LogP contribution in [0.4, 0.5) is 9.18 Å². The lowest BCUT2D eigenvalue weighted by Gasteiger charge is -2.20. The van der Waals surface area contributed by atoms with Crippen LogP contribution in [0.2, 0.25) is 0 Å². The molecular formula is C18H23FN4O2. The minimum Gasteiger partial charge on any atom is -0.376 e. The van der Waals surface area contributed by atoms with E-state index in [1.54, 1.807) is 29.1 Å². The molecule has 3 rings (SSSR count). The number of aromatic nitrogens is 2. The van der Waals surface area contributed by atoms with E-state index >= 15 is 0 Å². The number of carbonyl (C=O) groups is 1.